The number of anilines is 1. The highest BCUT2D eigenvalue weighted by Gasteiger charge is 2.32. The van der Waals surface area contributed by atoms with Gasteiger partial charge in [-0.3, -0.25) is 14.5 Å². The molecule has 6 nitrogen and oxygen atoms in total. The number of nitrogens with zero attached hydrogens (tertiary/aromatic N) is 4. The Kier molecular flexibility index (Phi) is 3.45. The number of benzene rings is 1. The van der Waals surface area contributed by atoms with Crippen LogP contribution in [-0.2, 0) is 16.1 Å². The third-order valence-corrected chi connectivity index (χ3v) is 4.64. The Labute approximate surface area is 140 Å². The summed E-state index contributed by atoms with van der Waals surface area (Å²) in [6.45, 7) is 2.87. The molecule has 2 aliphatic heterocycles. The van der Waals surface area contributed by atoms with Gasteiger partial charge in [-0.05, 0) is 17.2 Å². The van der Waals surface area contributed by atoms with Crippen molar-refractivity contribution in [2.24, 2.45) is 0 Å². The van der Waals surface area contributed by atoms with E-state index in [1.807, 2.05) is 41.1 Å². The van der Waals surface area contributed by atoms with Crippen molar-refractivity contribution in [1.29, 1.82) is 0 Å². The number of carbonyl (C=O) groups is 2. The molecule has 0 aliphatic carbocycles. The molecule has 1 unspecified atom stereocenters. The van der Waals surface area contributed by atoms with Crippen LogP contribution in [-0.4, -0.2) is 33.0 Å². The quantitative estimate of drug-likeness (QED) is 0.851. The summed E-state index contributed by atoms with van der Waals surface area (Å²) < 4.78 is 1.83. The van der Waals surface area contributed by atoms with Gasteiger partial charge in [0, 0.05) is 25.7 Å². The summed E-state index contributed by atoms with van der Waals surface area (Å²) in [5, 5.41) is 4.20. The van der Waals surface area contributed by atoms with E-state index in [1.54, 1.807) is 22.2 Å². The van der Waals surface area contributed by atoms with Crippen LogP contribution in [0, 0.1) is 0 Å². The number of aromatic nitrogens is 2. The first-order chi connectivity index (χ1) is 11.6. The zero-order chi connectivity index (χ0) is 16.7. The van der Waals surface area contributed by atoms with Gasteiger partial charge < -0.3 is 4.90 Å². The van der Waals surface area contributed by atoms with Crippen LogP contribution in [0.15, 0.2) is 42.7 Å². The fraction of sp³-hybridized carbons (Fsp3) is 0.278. The maximum absolute atomic E-state index is 12.9. The lowest BCUT2D eigenvalue weighted by Crippen LogP contribution is -2.36. The summed E-state index contributed by atoms with van der Waals surface area (Å²) in [7, 11) is 0. The largest absolute Gasteiger partial charge is 0.311 e. The second-order valence-corrected chi connectivity index (χ2v) is 6.05. The van der Waals surface area contributed by atoms with Gasteiger partial charge in [0.15, 0.2) is 0 Å². The summed E-state index contributed by atoms with van der Waals surface area (Å²) in [5.41, 5.74) is 2.07. The number of amides is 2. The maximum Gasteiger partial charge on any atom is 0.230 e. The normalized spacial score (nSPS) is 18.5. The van der Waals surface area contributed by atoms with Crippen molar-refractivity contribution in [1.82, 2.24) is 14.7 Å². The van der Waals surface area contributed by atoms with Crippen molar-refractivity contribution in [3.05, 3.63) is 53.9 Å². The van der Waals surface area contributed by atoms with Gasteiger partial charge >= 0.3 is 0 Å². The standard InChI is InChI=1S/C18H18N4O2/c1-13(23)20-9-7-14-4-2-3-5-15(14)16(20)12-18(24)21-10-11-22-17(21)6-8-19-22/h2-9,16H,10-12H2,1H3. The molecule has 2 aromatic rings. The second-order valence-electron chi connectivity index (χ2n) is 6.05. The molecule has 2 amide bonds. The molecular weight excluding hydrogens is 304 g/mol. The van der Waals surface area contributed by atoms with Crippen molar-refractivity contribution in [3.63, 3.8) is 0 Å². The van der Waals surface area contributed by atoms with E-state index in [0.29, 0.717) is 13.1 Å². The van der Waals surface area contributed by atoms with Crippen LogP contribution in [0.5, 0.6) is 0 Å². The molecule has 0 saturated heterocycles. The van der Waals surface area contributed by atoms with E-state index in [2.05, 4.69) is 5.10 Å². The molecule has 3 heterocycles. The number of rotatable bonds is 2. The van der Waals surface area contributed by atoms with Gasteiger partial charge in [0.1, 0.15) is 5.82 Å². The lowest BCUT2D eigenvalue weighted by atomic mass is 9.93. The monoisotopic (exact) mass is 322 g/mol. The van der Waals surface area contributed by atoms with Gasteiger partial charge in [-0.15, -0.1) is 0 Å². The molecular formula is C18H18N4O2. The third-order valence-electron chi connectivity index (χ3n) is 4.64. The summed E-state index contributed by atoms with van der Waals surface area (Å²) >= 11 is 0. The van der Waals surface area contributed by atoms with E-state index < -0.39 is 0 Å². The molecule has 6 heteroatoms. The molecule has 0 bridgehead atoms. The summed E-state index contributed by atoms with van der Waals surface area (Å²) in [6.07, 6.45) is 5.65. The molecule has 0 spiro atoms. The van der Waals surface area contributed by atoms with Crippen LogP contribution in [0.4, 0.5) is 5.82 Å². The minimum absolute atomic E-state index is 0.00982. The van der Waals surface area contributed by atoms with Crippen LogP contribution in [0.3, 0.4) is 0 Å². The smallest absolute Gasteiger partial charge is 0.230 e. The molecule has 0 fully saturated rings. The number of hydrogen-bond acceptors (Lipinski definition) is 3. The fourth-order valence-corrected chi connectivity index (χ4v) is 3.48. The number of fused-ring (bicyclic) bond motifs is 2. The molecule has 0 saturated carbocycles. The van der Waals surface area contributed by atoms with E-state index >= 15 is 0 Å². The van der Waals surface area contributed by atoms with E-state index in [4.69, 9.17) is 0 Å². The van der Waals surface area contributed by atoms with Gasteiger partial charge in [-0.1, -0.05) is 24.3 Å². The number of hydrogen-bond donors (Lipinski definition) is 0. The van der Waals surface area contributed by atoms with Crippen LogP contribution >= 0.6 is 0 Å². The first kappa shape index (κ1) is 14.7. The van der Waals surface area contributed by atoms with Gasteiger partial charge in [0.05, 0.1) is 25.2 Å². The summed E-state index contributed by atoms with van der Waals surface area (Å²) in [4.78, 5) is 28.3. The topological polar surface area (TPSA) is 58.4 Å². The lowest BCUT2D eigenvalue weighted by molar-refractivity contribution is -0.129. The molecule has 1 atom stereocenters. The van der Waals surface area contributed by atoms with Crippen molar-refractivity contribution in [3.8, 4) is 0 Å². The number of carbonyl (C=O) groups excluding carboxylic acids is 2. The maximum atomic E-state index is 12.9. The third kappa shape index (κ3) is 2.31. The van der Waals surface area contributed by atoms with E-state index in [0.717, 1.165) is 16.9 Å². The molecule has 2 aliphatic rings. The first-order valence-electron chi connectivity index (χ1n) is 8.03. The van der Waals surface area contributed by atoms with E-state index in [9.17, 15) is 9.59 Å². The summed E-state index contributed by atoms with van der Waals surface area (Å²) in [6, 6.07) is 9.48. The van der Waals surface area contributed by atoms with E-state index in [-0.39, 0.29) is 24.3 Å². The predicted molar refractivity (Wildman–Crippen MR) is 89.9 cm³/mol. The van der Waals surface area contributed by atoms with Gasteiger partial charge in [-0.25, -0.2) is 4.68 Å². The van der Waals surface area contributed by atoms with Crippen molar-refractivity contribution >= 4 is 23.7 Å². The highest BCUT2D eigenvalue weighted by molar-refractivity contribution is 5.94. The first-order valence-corrected chi connectivity index (χ1v) is 8.03. The Bertz CT molecular complexity index is 839. The van der Waals surface area contributed by atoms with Crippen LogP contribution in [0.2, 0.25) is 0 Å². The summed E-state index contributed by atoms with van der Waals surface area (Å²) in [5.74, 6) is 0.773. The zero-order valence-electron chi connectivity index (χ0n) is 13.4. The van der Waals surface area contributed by atoms with Crippen LogP contribution in [0.25, 0.3) is 6.08 Å². The average molecular weight is 322 g/mol. The Morgan fingerprint density at radius 2 is 2.04 bits per heavy atom. The molecule has 1 aromatic heterocycles. The molecule has 4 rings (SSSR count). The van der Waals surface area contributed by atoms with Gasteiger partial charge in [0.2, 0.25) is 11.8 Å². The highest BCUT2D eigenvalue weighted by Crippen LogP contribution is 2.34. The zero-order valence-corrected chi connectivity index (χ0v) is 13.4. The minimum atomic E-state index is -0.270. The fourth-order valence-electron chi connectivity index (χ4n) is 3.48. The Morgan fingerprint density at radius 3 is 2.88 bits per heavy atom. The molecule has 0 radical (unpaired) electrons. The molecule has 1 aromatic carbocycles. The minimum Gasteiger partial charge on any atom is -0.311 e. The Balaban J connectivity index is 1.63. The van der Waals surface area contributed by atoms with Crippen molar-refractivity contribution in [2.45, 2.75) is 25.9 Å². The van der Waals surface area contributed by atoms with Crippen LogP contribution < -0.4 is 4.90 Å². The SMILES string of the molecule is CC(=O)N1C=Cc2ccccc2C1CC(=O)N1CCn2nccc21. The molecule has 24 heavy (non-hydrogen) atoms. The predicted octanol–water partition coefficient (Wildman–Crippen LogP) is 2.19. The van der Waals surface area contributed by atoms with Crippen molar-refractivity contribution < 1.29 is 9.59 Å². The van der Waals surface area contributed by atoms with Gasteiger partial charge in [0.25, 0.3) is 0 Å². The molecule has 0 N–H and O–H groups in total. The van der Waals surface area contributed by atoms with Gasteiger partial charge in [-0.2, -0.15) is 5.10 Å². The highest BCUT2D eigenvalue weighted by atomic mass is 16.2. The van der Waals surface area contributed by atoms with E-state index in [1.165, 1.54) is 6.92 Å². The second kappa shape index (κ2) is 5.63. The van der Waals surface area contributed by atoms with Crippen molar-refractivity contribution in [2.75, 3.05) is 11.4 Å². The lowest BCUT2D eigenvalue weighted by Gasteiger charge is -2.33. The van der Waals surface area contributed by atoms with Crippen LogP contribution in [0.1, 0.15) is 30.5 Å². The Hall–Kier alpha value is -2.89. The molecule has 122 valence electrons. The Morgan fingerprint density at radius 1 is 1.21 bits per heavy atom. The average Bonchev–Trinajstić information content (AvgIpc) is 3.17.